The molecular formula is C15H17NO5S. The van der Waals surface area contributed by atoms with E-state index < -0.39 is 27.6 Å². The van der Waals surface area contributed by atoms with Crippen molar-refractivity contribution in [3.63, 3.8) is 0 Å². The van der Waals surface area contributed by atoms with Gasteiger partial charge in [-0.1, -0.05) is 18.2 Å². The van der Waals surface area contributed by atoms with Crippen molar-refractivity contribution in [3.05, 3.63) is 30.3 Å². The fourth-order valence-corrected chi connectivity index (χ4v) is 4.77. The number of rotatable bonds is 5. The lowest BCUT2D eigenvalue weighted by Gasteiger charge is -2.30. The summed E-state index contributed by atoms with van der Waals surface area (Å²) in [6.07, 6.45) is 0.639. The summed E-state index contributed by atoms with van der Waals surface area (Å²) in [6.45, 7) is 3.34. The summed E-state index contributed by atoms with van der Waals surface area (Å²) < 4.78 is 32.3. The van der Waals surface area contributed by atoms with Crippen molar-refractivity contribution in [1.29, 1.82) is 0 Å². The first-order valence-electron chi connectivity index (χ1n) is 7.05. The maximum atomic E-state index is 12.9. The Balaban J connectivity index is 2.12. The summed E-state index contributed by atoms with van der Waals surface area (Å²) in [6, 6.07) is 7.94. The maximum Gasteiger partial charge on any atom is 0.325 e. The molecule has 1 heterocycles. The molecule has 6 nitrogen and oxygen atoms in total. The van der Waals surface area contributed by atoms with Gasteiger partial charge in [0.1, 0.15) is 11.1 Å². The zero-order valence-electron chi connectivity index (χ0n) is 12.3. The minimum atomic E-state index is -4.02. The predicted molar refractivity (Wildman–Crippen MR) is 80.0 cm³/mol. The summed E-state index contributed by atoms with van der Waals surface area (Å²) in [5.74, 6) is -1.11. The van der Waals surface area contributed by atoms with Crippen LogP contribution >= 0.6 is 0 Å². The molecule has 7 heteroatoms. The van der Waals surface area contributed by atoms with Gasteiger partial charge in [-0.3, -0.25) is 4.79 Å². The normalized spacial score (nSPS) is 17.3. The SMILES string of the molecule is CC(C)N(C1(C(=O)O)CC1)S(=O)(=O)c1cc2ccccc2o1. The van der Waals surface area contributed by atoms with Gasteiger partial charge in [0.15, 0.2) is 0 Å². The van der Waals surface area contributed by atoms with Crippen LogP contribution < -0.4 is 0 Å². The Kier molecular flexibility index (Phi) is 3.30. The Morgan fingerprint density at radius 3 is 2.45 bits per heavy atom. The van der Waals surface area contributed by atoms with Crippen LogP contribution in [0.15, 0.2) is 39.8 Å². The van der Waals surface area contributed by atoms with Crippen molar-refractivity contribution in [2.75, 3.05) is 0 Å². The monoisotopic (exact) mass is 323 g/mol. The van der Waals surface area contributed by atoms with Crippen molar-refractivity contribution in [2.45, 2.75) is 43.4 Å². The lowest BCUT2D eigenvalue weighted by molar-refractivity contribution is -0.143. The average Bonchev–Trinajstić information content (AvgIpc) is 3.09. The Labute approximate surface area is 128 Å². The minimum absolute atomic E-state index is 0.213. The third-order valence-corrected chi connectivity index (χ3v) is 5.93. The number of hydrogen-bond donors (Lipinski definition) is 1. The highest BCUT2D eigenvalue weighted by Gasteiger charge is 2.60. The van der Waals surface area contributed by atoms with Gasteiger partial charge < -0.3 is 9.52 Å². The summed E-state index contributed by atoms with van der Waals surface area (Å²) in [4.78, 5) is 11.5. The number of carboxylic acid groups (broad SMARTS) is 1. The van der Waals surface area contributed by atoms with Gasteiger partial charge in [0.05, 0.1) is 0 Å². The number of hydrogen-bond acceptors (Lipinski definition) is 4. The first kappa shape index (κ1) is 15.1. The van der Waals surface area contributed by atoms with Gasteiger partial charge in [0, 0.05) is 17.5 Å². The van der Waals surface area contributed by atoms with E-state index in [0.717, 1.165) is 4.31 Å². The third kappa shape index (κ3) is 2.12. The van der Waals surface area contributed by atoms with Crippen LogP contribution in [0.4, 0.5) is 0 Å². The number of sulfonamides is 1. The highest BCUT2D eigenvalue weighted by Crippen LogP contribution is 2.46. The number of fused-ring (bicyclic) bond motifs is 1. The average molecular weight is 323 g/mol. The fraction of sp³-hybridized carbons (Fsp3) is 0.400. The molecule has 1 N–H and O–H groups in total. The van der Waals surface area contributed by atoms with Crippen LogP contribution in [0.2, 0.25) is 0 Å². The van der Waals surface area contributed by atoms with Crippen molar-refractivity contribution in [2.24, 2.45) is 0 Å². The smallest absolute Gasteiger partial charge is 0.325 e. The number of carboxylic acids is 1. The number of furan rings is 1. The summed E-state index contributed by atoms with van der Waals surface area (Å²) in [5, 5.41) is 9.89. The molecule has 0 spiro atoms. The molecule has 3 rings (SSSR count). The number of nitrogens with zero attached hydrogens (tertiary/aromatic N) is 1. The molecule has 1 aliphatic carbocycles. The van der Waals surface area contributed by atoms with E-state index in [1.807, 2.05) is 0 Å². The fourth-order valence-electron chi connectivity index (χ4n) is 2.83. The lowest BCUT2D eigenvalue weighted by atomic mass is 10.2. The van der Waals surface area contributed by atoms with Crippen LogP contribution in [0.3, 0.4) is 0 Å². The van der Waals surface area contributed by atoms with Crippen LogP contribution in [-0.2, 0) is 14.8 Å². The molecule has 2 aromatic rings. The molecule has 22 heavy (non-hydrogen) atoms. The van der Waals surface area contributed by atoms with Gasteiger partial charge >= 0.3 is 5.97 Å². The van der Waals surface area contributed by atoms with E-state index in [0.29, 0.717) is 23.8 Å². The first-order valence-corrected chi connectivity index (χ1v) is 8.49. The molecule has 0 amide bonds. The first-order chi connectivity index (χ1) is 10.3. The van der Waals surface area contributed by atoms with Gasteiger partial charge in [0.25, 0.3) is 10.0 Å². The largest absolute Gasteiger partial charge is 0.480 e. The molecule has 1 saturated carbocycles. The van der Waals surface area contributed by atoms with Gasteiger partial charge in [-0.25, -0.2) is 8.42 Å². The quantitative estimate of drug-likeness (QED) is 0.913. The van der Waals surface area contributed by atoms with Crippen molar-refractivity contribution < 1.29 is 22.7 Å². The van der Waals surface area contributed by atoms with E-state index in [4.69, 9.17) is 4.42 Å². The Morgan fingerprint density at radius 1 is 1.32 bits per heavy atom. The molecule has 1 aromatic carbocycles. The molecule has 0 aliphatic heterocycles. The van der Waals surface area contributed by atoms with Crippen LogP contribution in [0, 0.1) is 0 Å². The zero-order chi connectivity index (χ0) is 16.1. The van der Waals surface area contributed by atoms with E-state index in [2.05, 4.69) is 0 Å². The number of para-hydroxylation sites is 1. The maximum absolute atomic E-state index is 12.9. The van der Waals surface area contributed by atoms with Crippen LogP contribution in [0.25, 0.3) is 11.0 Å². The summed E-state index contributed by atoms with van der Waals surface area (Å²) >= 11 is 0. The van der Waals surface area contributed by atoms with E-state index in [-0.39, 0.29) is 5.09 Å². The molecule has 1 fully saturated rings. The minimum Gasteiger partial charge on any atom is -0.480 e. The topological polar surface area (TPSA) is 87.8 Å². The molecule has 118 valence electrons. The van der Waals surface area contributed by atoms with E-state index in [9.17, 15) is 18.3 Å². The number of aliphatic carboxylic acids is 1. The van der Waals surface area contributed by atoms with E-state index >= 15 is 0 Å². The van der Waals surface area contributed by atoms with Crippen molar-refractivity contribution in [3.8, 4) is 0 Å². The van der Waals surface area contributed by atoms with Gasteiger partial charge in [-0.05, 0) is 32.8 Å². The van der Waals surface area contributed by atoms with Crippen molar-refractivity contribution >= 4 is 27.0 Å². The zero-order valence-corrected chi connectivity index (χ0v) is 13.1. The molecule has 1 aromatic heterocycles. The summed E-state index contributed by atoms with van der Waals surface area (Å²) in [5.41, 5.74) is -0.878. The second-order valence-electron chi connectivity index (χ2n) is 5.83. The highest BCUT2D eigenvalue weighted by molar-refractivity contribution is 7.89. The Bertz CT molecular complexity index is 799. The third-order valence-electron chi connectivity index (χ3n) is 3.93. The van der Waals surface area contributed by atoms with Crippen LogP contribution in [0.1, 0.15) is 26.7 Å². The van der Waals surface area contributed by atoms with Gasteiger partial charge in [-0.2, -0.15) is 4.31 Å². The molecular weight excluding hydrogens is 306 g/mol. The Morgan fingerprint density at radius 2 is 1.95 bits per heavy atom. The standard InChI is InChI=1S/C15H17NO5S/c1-10(2)16(15(7-8-15)14(17)18)22(19,20)13-9-11-5-3-4-6-12(11)21-13/h3-6,9-10H,7-8H2,1-2H3,(H,17,18). The summed E-state index contributed by atoms with van der Waals surface area (Å²) in [7, 11) is -4.02. The van der Waals surface area contributed by atoms with Gasteiger partial charge in [-0.15, -0.1) is 0 Å². The van der Waals surface area contributed by atoms with Gasteiger partial charge in [0.2, 0.25) is 5.09 Å². The molecule has 0 saturated heterocycles. The Hall–Kier alpha value is -1.86. The van der Waals surface area contributed by atoms with Crippen LogP contribution in [0.5, 0.6) is 0 Å². The molecule has 0 radical (unpaired) electrons. The van der Waals surface area contributed by atoms with E-state index in [1.165, 1.54) is 6.07 Å². The lowest BCUT2D eigenvalue weighted by Crippen LogP contribution is -2.50. The predicted octanol–water partition coefficient (Wildman–Crippen LogP) is 2.45. The molecule has 0 bridgehead atoms. The second-order valence-corrected chi connectivity index (χ2v) is 7.58. The van der Waals surface area contributed by atoms with E-state index in [1.54, 1.807) is 38.1 Å². The molecule has 1 aliphatic rings. The highest BCUT2D eigenvalue weighted by atomic mass is 32.2. The number of benzene rings is 1. The second kappa shape index (κ2) is 4.82. The molecule has 0 atom stereocenters. The van der Waals surface area contributed by atoms with Crippen molar-refractivity contribution in [1.82, 2.24) is 4.31 Å². The van der Waals surface area contributed by atoms with Crippen LogP contribution in [-0.4, -0.2) is 35.4 Å². The number of carbonyl (C=O) groups is 1. The molecule has 0 unspecified atom stereocenters.